The predicted octanol–water partition coefficient (Wildman–Crippen LogP) is 5.07. The lowest BCUT2D eigenvalue weighted by Crippen LogP contribution is -2.21. The average molecular weight is 445 g/mol. The summed E-state index contributed by atoms with van der Waals surface area (Å²) in [7, 11) is 0. The summed E-state index contributed by atoms with van der Waals surface area (Å²) >= 11 is 0. The Balaban J connectivity index is 1.25. The molecule has 0 saturated carbocycles. The molecule has 7 nitrogen and oxygen atoms in total. The van der Waals surface area contributed by atoms with Crippen LogP contribution in [0, 0.1) is 19.8 Å². The van der Waals surface area contributed by atoms with Crippen LogP contribution in [0.3, 0.4) is 0 Å². The summed E-state index contributed by atoms with van der Waals surface area (Å²) in [6, 6.07) is 18.2. The average Bonchev–Trinajstić information content (AvgIpc) is 3.47. The van der Waals surface area contributed by atoms with Crippen molar-refractivity contribution in [3.63, 3.8) is 0 Å². The van der Waals surface area contributed by atoms with Gasteiger partial charge in [-0.05, 0) is 68.5 Å². The fraction of sp³-hybridized carbons (Fsp3) is 0.346. The molecule has 0 N–H and O–H groups in total. The van der Waals surface area contributed by atoms with E-state index in [0.29, 0.717) is 29.9 Å². The molecule has 0 unspecified atom stereocenters. The lowest BCUT2D eigenvalue weighted by atomic mass is 10.0. The second-order valence-electron chi connectivity index (χ2n) is 8.63. The first-order valence-electron chi connectivity index (χ1n) is 11.4. The Morgan fingerprint density at radius 3 is 2.52 bits per heavy atom. The number of rotatable bonds is 7. The molecule has 0 radical (unpaired) electrons. The van der Waals surface area contributed by atoms with E-state index < -0.39 is 0 Å². The summed E-state index contributed by atoms with van der Waals surface area (Å²) in [6.07, 6.45) is 2.12. The standard InChI is InChI=1S/C26H28N4O3/c1-18-3-5-20(6-4-18)16-30-19(2)15-24(28-30)26-27-25(29-33-26)22-7-9-23(10-8-22)32-17-21-11-13-31-14-12-21/h3-10,15,21H,11-14,16-17H2,1-2H3. The molecule has 33 heavy (non-hydrogen) atoms. The van der Waals surface area contributed by atoms with Gasteiger partial charge in [0.1, 0.15) is 5.75 Å². The van der Waals surface area contributed by atoms with Gasteiger partial charge in [-0.15, -0.1) is 0 Å². The first-order chi connectivity index (χ1) is 16.1. The Morgan fingerprint density at radius 1 is 1.00 bits per heavy atom. The van der Waals surface area contributed by atoms with Crippen LogP contribution < -0.4 is 4.74 Å². The van der Waals surface area contributed by atoms with Gasteiger partial charge in [0.15, 0.2) is 5.69 Å². The second-order valence-corrected chi connectivity index (χ2v) is 8.63. The second kappa shape index (κ2) is 9.58. The zero-order valence-electron chi connectivity index (χ0n) is 19.0. The third-order valence-corrected chi connectivity index (χ3v) is 6.02. The van der Waals surface area contributed by atoms with Gasteiger partial charge in [-0.3, -0.25) is 4.68 Å². The van der Waals surface area contributed by atoms with E-state index in [0.717, 1.165) is 49.7 Å². The van der Waals surface area contributed by atoms with E-state index in [1.54, 1.807) is 0 Å². The minimum atomic E-state index is 0.413. The number of hydrogen-bond acceptors (Lipinski definition) is 6. The molecule has 5 rings (SSSR count). The maximum atomic E-state index is 5.95. The molecular weight excluding hydrogens is 416 g/mol. The maximum absolute atomic E-state index is 5.95. The van der Waals surface area contributed by atoms with Gasteiger partial charge in [-0.1, -0.05) is 35.0 Å². The minimum Gasteiger partial charge on any atom is -0.493 e. The third kappa shape index (κ3) is 5.14. The van der Waals surface area contributed by atoms with E-state index >= 15 is 0 Å². The van der Waals surface area contributed by atoms with Crippen LogP contribution in [0.1, 0.15) is 29.7 Å². The Morgan fingerprint density at radius 2 is 1.76 bits per heavy atom. The predicted molar refractivity (Wildman–Crippen MR) is 125 cm³/mol. The monoisotopic (exact) mass is 444 g/mol. The summed E-state index contributed by atoms with van der Waals surface area (Å²) in [5.41, 5.74) is 5.03. The molecule has 1 aliphatic rings. The van der Waals surface area contributed by atoms with Crippen molar-refractivity contribution < 1.29 is 14.0 Å². The van der Waals surface area contributed by atoms with Gasteiger partial charge in [0.2, 0.25) is 5.82 Å². The molecule has 1 aliphatic heterocycles. The minimum absolute atomic E-state index is 0.413. The summed E-state index contributed by atoms with van der Waals surface area (Å²) < 4.78 is 18.8. The molecule has 1 saturated heterocycles. The molecule has 170 valence electrons. The highest BCUT2D eigenvalue weighted by Crippen LogP contribution is 2.25. The smallest absolute Gasteiger partial charge is 0.278 e. The van der Waals surface area contributed by atoms with Crippen molar-refractivity contribution in [2.45, 2.75) is 33.2 Å². The Labute approximate surface area is 193 Å². The van der Waals surface area contributed by atoms with Gasteiger partial charge in [-0.25, -0.2) is 0 Å². The van der Waals surface area contributed by atoms with Crippen LogP contribution in [0.15, 0.2) is 59.1 Å². The van der Waals surface area contributed by atoms with Crippen LogP contribution in [0.25, 0.3) is 23.0 Å². The van der Waals surface area contributed by atoms with Gasteiger partial charge in [0, 0.05) is 24.5 Å². The van der Waals surface area contributed by atoms with Gasteiger partial charge < -0.3 is 14.0 Å². The summed E-state index contributed by atoms with van der Waals surface area (Å²) in [4.78, 5) is 4.56. The topological polar surface area (TPSA) is 75.2 Å². The number of benzene rings is 2. The SMILES string of the molecule is Cc1ccc(Cn2nc(-c3nc(-c4ccc(OCC5CCOCC5)cc4)no3)cc2C)cc1. The van der Waals surface area contributed by atoms with Crippen LogP contribution in [0.5, 0.6) is 5.75 Å². The zero-order valence-corrected chi connectivity index (χ0v) is 19.0. The molecule has 0 aliphatic carbocycles. The summed E-state index contributed by atoms with van der Waals surface area (Å²) in [5, 5.41) is 8.83. The van der Waals surface area contributed by atoms with Crippen molar-refractivity contribution in [1.29, 1.82) is 0 Å². The normalized spacial score (nSPS) is 14.5. The Bertz CT molecular complexity index is 1190. The fourth-order valence-electron chi connectivity index (χ4n) is 3.91. The number of aryl methyl sites for hydroxylation is 2. The van der Waals surface area contributed by atoms with E-state index in [4.69, 9.17) is 14.0 Å². The van der Waals surface area contributed by atoms with Crippen molar-refractivity contribution in [2.75, 3.05) is 19.8 Å². The Kier molecular flexibility index (Phi) is 6.21. The lowest BCUT2D eigenvalue weighted by molar-refractivity contribution is 0.0497. The van der Waals surface area contributed by atoms with Gasteiger partial charge >= 0.3 is 0 Å². The summed E-state index contributed by atoms with van der Waals surface area (Å²) in [5.74, 6) is 2.36. The van der Waals surface area contributed by atoms with Crippen LogP contribution in [-0.2, 0) is 11.3 Å². The first-order valence-corrected chi connectivity index (χ1v) is 11.4. The van der Waals surface area contributed by atoms with E-state index in [1.165, 1.54) is 11.1 Å². The largest absolute Gasteiger partial charge is 0.493 e. The van der Waals surface area contributed by atoms with Crippen LogP contribution in [0.2, 0.25) is 0 Å². The highest BCUT2D eigenvalue weighted by molar-refractivity contribution is 5.58. The number of hydrogen-bond donors (Lipinski definition) is 0. The Hall–Kier alpha value is -3.45. The van der Waals surface area contributed by atoms with Crippen molar-refractivity contribution in [1.82, 2.24) is 19.9 Å². The van der Waals surface area contributed by atoms with Gasteiger partial charge in [0.25, 0.3) is 5.89 Å². The molecule has 7 heteroatoms. The van der Waals surface area contributed by atoms with Crippen molar-refractivity contribution in [2.24, 2.45) is 5.92 Å². The zero-order chi connectivity index (χ0) is 22.6. The molecule has 3 heterocycles. The van der Waals surface area contributed by atoms with E-state index in [9.17, 15) is 0 Å². The quantitative estimate of drug-likeness (QED) is 0.396. The molecule has 2 aromatic heterocycles. The van der Waals surface area contributed by atoms with Crippen molar-refractivity contribution in [3.8, 4) is 28.7 Å². The molecular formula is C26H28N4O3. The van der Waals surface area contributed by atoms with Crippen LogP contribution in [0.4, 0.5) is 0 Å². The fourth-order valence-corrected chi connectivity index (χ4v) is 3.91. The molecule has 1 fully saturated rings. The van der Waals surface area contributed by atoms with E-state index in [1.807, 2.05) is 41.9 Å². The highest BCUT2D eigenvalue weighted by Gasteiger charge is 2.16. The van der Waals surface area contributed by atoms with Gasteiger partial charge in [0.05, 0.1) is 13.2 Å². The van der Waals surface area contributed by atoms with E-state index in [-0.39, 0.29) is 0 Å². The molecule has 0 amide bonds. The molecule has 0 bridgehead atoms. The van der Waals surface area contributed by atoms with Gasteiger partial charge in [-0.2, -0.15) is 10.1 Å². The number of nitrogens with zero attached hydrogens (tertiary/aromatic N) is 4. The van der Waals surface area contributed by atoms with Crippen LogP contribution >= 0.6 is 0 Å². The number of aromatic nitrogens is 4. The van der Waals surface area contributed by atoms with Crippen molar-refractivity contribution in [3.05, 3.63) is 71.4 Å². The first kappa shape index (κ1) is 21.4. The molecule has 4 aromatic rings. The molecule has 0 atom stereocenters. The molecule has 0 spiro atoms. The third-order valence-electron chi connectivity index (χ3n) is 6.02. The van der Waals surface area contributed by atoms with E-state index in [2.05, 4.69) is 46.4 Å². The highest BCUT2D eigenvalue weighted by atomic mass is 16.5. The van der Waals surface area contributed by atoms with Crippen molar-refractivity contribution >= 4 is 0 Å². The lowest BCUT2D eigenvalue weighted by Gasteiger charge is -2.22. The molecule has 2 aromatic carbocycles. The van der Waals surface area contributed by atoms with Crippen LogP contribution in [-0.4, -0.2) is 39.7 Å². The summed E-state index contributed by atoms with van der Waals surface area (Å²) in [6.45, 7) is 7.19. The maximum Gasteiger partial charge on any atom is 0.278 e. The number of ether oxygens (including phenoxy) is 2.